The highest BCUT2D eigenvalue weighted by Crippen LogP contribution is 2.33. The summed E-state index contributed by atoms with van der Waals surface area (Å²) in [6.45, 7) is 2.55. The molecule has 0 spiro atoms. The first-order valence-electron chi connectivity index (χ1n) is 11.2. The lowest BCUT2D eigenvalue weighted by molar-refractivity contribution is 0.0948. The van der Waals surface area contributed by atoms with Crippen molar-refractivity contribution in [2.24, 2.45) is 5.10 Å². The van der Waals surface area contributed by atoms with Gasteiger partial charge in [-0.2, -0.15) is 5.10 Å². The van der Waals surface area contributed by atoms with E-state index in [2.05, 4.69) is 16.6 Å². The Morgan fingerprint density at radius 3 is 2.67 bits per heavy atom. The molecule has 1 aliphatic heterocycles. The number of halogens is 1. The van der Waals surface area contributed by atoms with Gasteiger partial charge in [0, 0.05) is 29.8 Å². The van der Waals surface area contributed by atoms with Crippen molar-refractivity contribution in [1.29, 1.82) is 0 Å². The number of carbonyl (C=O) groups excluding carboxylic acids is 2. The van der Waals surface area contributed by atoms with Crippen LogP contribution in [0.2, 0.25) is 5.02 Å². The number of amides is 2. The summed E-state index contributed by atoms with van der Waals surface area (Å²) < 4.78 is 6.10. The Balaban J connectivity index is 1.44. The Kier molecular flexibility index (Phi) is 5.77. The van der Waals surface area contributed by atoms with Gasteiger partial charge in [0.2, 0.25) is 0 Å². The van der Waals surface area contributed by atoms with Gasteiger partial charge in [0.15, 0.2) is 5.76 Å². The van der Waals surface area contributed by atoms with Crippen LogP contribution in [-0.4, -0.2) is 24.1 Å². The van der Waals surface area contributed by atoms with Gasteiger partial charge in [-0.25, -0.2) is 5.43 Å². The van der Waals surface area contributed by atoms with Gasteiger partial charge < -0.3 is 9.32 Å². The van der Waals surface area contributed by atoms with Gasteiger partial charge >= 0.3 is 0 Å². The van der Waals surface area contributed by atoms with Crippen LogP contribution in [0.1, 0.15) is 62.6 Å². The van der Waals surface area contributed by atoms with Crippen molar-refractivity contribution in [3.63, 3.8) is 0 Å². The normalized spacial score (nSPS) is 16.3. The van der Waals surface area contributed by atoms with Crippen molar-refractivity contribution in [1.82, 2.24) is 5.43 Å². The molecule has 33 heavy (non-hydrogen) atoms. The van der Waals surface area contributed by atoms with Crippen molar-refractivity contribution in [3.05, 3.63) is 87.3 Å². The second-order valence-electron chi connectivity index (χ2n) is 8.38. The van der Waals surface area contributed by atoms with Crippen LogP contribution in [0.4, 0.5) is 5.69 Å². The summed E-state index contributed by atoms with van der Waals surface area (Å²) in [4.78, 5) is 27.9. The lowest BCUT2D eigenvalue weighted by atomic mass is 9.93. The zero-order valence-corrected chi connectivity index (χ0v) is 19.1. The molecular formula is C26H24ClN3O3. The number of fused-ring (bicyclic) bond motifs is 2. The summed E-state index contributed by atoms with van der Waals surface area (Å²) in [6, 6.07) is 14.9. The van der Waals surface area contributed by atoms with Crippen LogP contribution in [0.25, 0.3) is 0 Å². The zero-order valence-electron chi connectivity index (χ0n) is 18.4. The van der Waals surface area contributed by atoms with Crippen LogP contribution in [0.3, 0.4) is 0 Å². The minimum Gasteiger partial charge on any atom is -0.455 e. The molecule has 1 aliphatic carbocycles. The number of rotatable bonds is 3. The van der Waals surface area contributed by atoms with Gasteiger partial charge in [-0.15, -0.1) is 0 Å². The van der Waals surface area contributed by atoms with E-state index in [1.165, 1.54) is 5.56 Å². The summed E-state index contributed by atoms with van der Waals surface area (Å²) in [5.41, 5.74) is 7.42. The third-order valence-electron chi connectivity index (χ3n) is 6.29. The van der Waals surface area contributed by atoms with Crippen LogP contribution in [-0.2, 0) is 12.8 Å². The number of aryl methyl sites for hydroxylation is 2. The molecule has 0 saturated carbocycles. The molecule has 0 bridgehead atoms. The molecule has 0 unspecified atom stereocenters. The molecule has 2 aromatic carbocycles. The summed E-state index contributed by atoms with van der Waals surface area (Å²) >= 11 is 6.13. The molecule has 168 valence electrons. The van der Waals surface area contributed by atoms with Gasteiger partial charge in [0.25, 0.3) is 11.8 Å². The molecule has 3 aromatic rings. The largest absolute Gasteiger partial charge is 0.455 e. The average molecular weight is 462 g/mol. The van der Waals surface area contributed by atoms with Crippen LogP contribution >= 0.6 is 11.6 Å². The van der Waals surface area contributed by atoms with E-state index in [-0.39, 0.29) is 11.8 Å². The first kappa shape index (κ1) is 21.5. The third kappa shape index (κ3) is 3.95. The molecule has 1 N–H and O–H groups in total. The Bertz CT molecular complexity index is 1280. The average Bonchev–Trinajstić information content (AvgIpc) is 3.19. The number of benzene rings is 2. The standard InChI is InChI=1S/C26H24ClN3O3/c1-16-23-20(28-29-25(31)18-10-3-4-11-19(18)27)12-6-14-22(23)33-24(16)26(32)30-15-7-9-17-8-2-5-13-21(17)30/h2-5,8,10-11,13H,6-7,9,12,14-15H2,1H3,(H,29,31)/b28-20+. The SMILES string of the molecule is Cc1c(C(=O)N2CCCc3ccccc32)oc2c1/C(=N/NC(=O)c1ccccc1Cl)CCC2. The third-order valence-corrected chi connectivity index (χ3v) is 6.62. The number of hydrazone groups is 1. The number of para-hydroxylation sites is 1. The second-order valence-corrected chi connectivity index (χ2v) is 8.78. The molecule has 0 fully saturated rings. The predicted molar refractivity (Wildman–Crippen MR) is 128 cm³/mol. The number of nitrogens with zero attached hydrogens (tertiary/aromatic N) is 2. The Labute approximate surface area is 197 Å². The topological polar surface area (TPSA) is 74.9 Å². The minimum absolute atomic E-state index is 0.131. The Morgan fingerprint density at radius 2 is 1.82 bits per heavy atom. The Morgan fingerprint density at radius 1 is 1.03 bits per heavy atom. The van der Waals surface area contributed by atoms with E-state index in [9.17, 15) is 9.59 Å². The molecule has 6 nitrogen and oxygen atoms in total. The highest BCUT2D eigenvalue weighted by molar-refractivity contribution is 6.33. The van der Waals surface area contributed by atoms with E-state index < -0.39 is 0 Å². The molecule has 5 rings (SSSR count). The molecule has 0 radical (unpaired) electrons. The lowest BCUT2D eigenvalue weighted by Crippen LogP contribution is -2.35. The fourth-order valence-electron chi connectivity index (χ4n) is 4.68. The maximum atomic E-state index is 13.5. The maximum Gasteiger partial charge on any atom is 0.294 e. The van der Waals surface area contributed by atoms with Crippen LogP contribution in [0, 0.1) is 6.92 Å². The smallest absolute Gasteiger partial charge is 0.294 e. The van der Waals surface area contributed by atoms with Gasteiger partial charge in [-0.1, -0.05) is 41.9 Å². The van der Waals surface area contributed by atoms with E-state index in [0.29, 0.717) is 29.3 Å². The molecule has 2 amide bonds. The number of carbonyl (C=O) groups is 2. The summed E-state index contributed by atoms with van der Waals surface area (Å²) in [5.74, 6) is 0.595. The minimum atomic E-state index is -0.373. The van der Waals surface area contributed by atoms with E-state index in [1.807, 2.05) is 30.0 Å². The van der Waals surface area contributed by atoms with Crippen molar-refractivity contribution < 1.29 is 14.0 Å². The van der Waals surface area contributed by atoms with Gasteiger partial charge in [0.05, 0.1) is 16.3 Å². The van der Waals surface area contributed by atoms with E-state index in [0.717, 1.165) is 54.0 Å². The zero-order chi connectivity index (χ0) is 22.9. The van der Waals surface area contributed by atoms with Crippen molar-refractivity contribution >= 4 is 34.8 Å². The first-order valence-corrected chi connectivity index (χ1v) is 11.6. The molecule has 1 aromatic heterocycles. The van der Waals surface area contributed by atoms with Crippen molar-refractivity contribution in [2.45, 2.75) is 39.0 Å². The highest BCUT2D eigenvalue weighted by Gasteiger charge is 2.32. The second kappa shape index (κ2) is 8.87. The monoisotopic (exact) mass is 461 g/mol. The van der Waals surface area contributed by atoms with E-state index in [4.69, 9.17) is 16.0 Å². The summed E-state index contributed by atoms with van der Waals surface area (Å²) in [6.07, 6.45) is 4.15. The molecule has 2 heterocycles. The van der Waals surface area contributed by atoms with Gasteiger partial charge in [-0.05, 0) is 56.4 Å². The molecule has 2 aliphatic rings. The van der Waals surface area contributed by atoms with E-state index >= 15 is 0 Å². The van der Waals surface area contributed by atoms with Gasteiger partial charge in [0.1, 0.15) is 5.76 Å². The fraction of sp³-hybridized carbons (Fsp3) is 0.269. The first-order chi connectivity index (χ1) is 16.0. The number of furan rings is 1. The van der Waals surface area contributed by atoms with Gasteiger partial charge in [-0.3, -0.25) is 9.59 Å². The molecular weight excluding hydrogens is 438 g/mol. The molecule has 0 saturated heterocycles. The van der Waals surface area contributed by atoms with Crippen molar-refractivity contribution in [2.75, 3.05) is 11.4 Å². The number of anilines is 1. The lowest BCUT2D eigenvalue weighted by Gasteiger charge is -2.28. The quantitative estimate of drug-likeness (QED) is 0.537. The summed E-state index contributed by atoms with van der Waals surface area (Å²) in [5, 5.41) is 4.77. The van der Waals surface area contributed by atoms with Crippen LogP contribution in [0.15, 0.2) is 58.0 Å². The molecule has 0 atom stereocenters. The predicted octanol–water partition coefficient (Wildman–Crippen LogP) is 5.30. The van der Waals surface area contributed by atoms with E-state index in [1.54, 1.807) is 24.3 Å². The van der Waals surface area contributed by atoms with Crippen molar-refractivity contribution in [3.8, 4) is 0 Å². The van der Waals surface area contributed by atoms with Crippen LogP contribution in [0.5, 0.6) is 0 Å². The summed E-state index contributed by atoms with van der Waals surface area (Å²) in [7, 11) is 0. The number of hydrogen-bond donors (Lipinski definition) is 1. The number of nitrogens with one attached hydrogen (secondary N) is 1. The van der Waals surface area contributed by atoms with Crippen LogP contribution < -0.4 is 10.3 Å². The fourth-order valence-corrected chi connectivity index (χ4v) is 4.90. The highest BCUT2D eigenvalue weighted by atomic mass is 35.5. The number of hydrogen-bond acceptors (Lipinski definition) is 4. The Hall–Kier alpha value is -3.38. The molecule has 7 heteroatoms. The maximum absolute atomic E-state index is 13.5.